The molecule has 586 valence electrons. The Hall–Kier alpha value is -3.33. The van der Waals surface area contributed by atoms with E-state index in [9.17, 15) is 19.0 Å². The zero-order valence-electron chi connectivity index (χ0n) is 67.1. The normalized spacial score (nSPS) is 13.5. The average Bonchev–Trinajstić information content (AvgIpc) is 1.02. The van der Waals surface area contributed by atoms with Crippen molar-refractivity contribution < 1.29 is 42.1 Å². The molecule has 0 aliphatic carbocycles. The lowest BCUT2D eigenvalue weighted by atomic mass is 10.0. The van der Waals surface area contributed by atoms with Gasteiger partial charge in [0.1, 0.15) is 19.8 Å². The van der Waals surface area contributed by atoms with E-state index in [2.05, 4.69) is 123 Å². The van der Waals surface area contributed by atoms with Gasteiger partial charge in [-0.05, 0) is 83.5 Å². The van der Waals surface area contributed by atoms with Crippen molar-refractivity contribution in [2.75, 3.05) is 47.5 Å². The lowest BCUT2D eigenvalue weighted by Crippen LogP contribution is -2.37. The van der Waals surface area contributed by atoms with Gasteiger partial charge in [0, 0.05) is 12.8 Å². The Morgan fingerprint density at radius 3 is 0.842 bits per heavy atom. The number of quaternary nitrogens is 1. The molecule has 2 atom stereocenters. The van der Waals surface area contributed by atoms with Gasteiger partial charge in [0.2, 0.25) is 0 Å². The molecular formula is C91H164NO8P. The minimum absolute atomic E-state index is 0.0323. The highest BCUT2D eigenvalue weighted by atomic mass is 31.2. The highest BCUT2D eigenvalue weighted by molar-refractivity contribution is 7.45. The van der Waals surface area contributed by atoms with E-state index in [-0.39, 0.29) is 32.0 Å². The first-order valence-electron chi connectivity index (χ1n) is 43.1. The van der Waals surface area contributed by atoms with Crippen LogP contribution in [0.15, 0.2) is 109 Å². The molecule has 0 aromatic heterocycles. The van der Waals surface area contributed by atoms with E-state index in [1.54, 1.807) is 0 Å². The zero-order valence-corrected chi connectivity index (χ0v) is 68.0. The van der Waals surface area contributed by atoms with Crippen molar-refractivity contribution in [1.82, 2.24) is 0 Å². The average molecular weight is 1430 g/mol. The van der Waals surface area contributed by atoms with Crippen LogP contribution in [0.2, 0.25) is 0 Å². The van der Waals surface area contributed by atoms with Gasteiger partial charge in [-0.15, -0.1) is 0 Å². The number of esters is 2. The highest BCUT2D eigenvalue weighted by Crippen LogP contribution is 2.38. The molecule has 9 nitrogen and oxygen atoms in total. The van der Waals surface area contributed by atoms with Crippen molar-refractivity contribution >= 4 is 19.8 Å². The second-order valence-electron chi connectivity index (χ2n) is 30.2. The Kier molecular flexibility index (Phi) is 78.1. The smallest absolute Gasteiger partial charge is 0.306 e. The number of carbonyl (C=O) groups is 2. The molecule has 0 saturated carbocycles. The number of unbranched alkanes of at least 4 members (excludes halogenated alkanes) is 48. The number of hydrogen-bond donors (Lipinski definition) is 0. The number of hydrogen-bond acceptors (Lipinski definition) is 8. The maximum atomic E-state index is 12.9. The molecule has 0 spiro atoms. The van der Waals surface area contributed by atoms with Crippen molar-refractivity contribution in [1.29, 1.82) is 0 Å². The number of carbonyl (C=O) groups excluding carboxylic acids is 2. The predicted molar refractivity (Wildman–Crippen MR) is 438 cm³/mol. The van der Waals surface area contributed by atoms with Crippen LogP contribution in [0.4, 0.5) is 0 Å². The molecule has 0 N–H and O–H groups in total. The number of phosphoric ester groups is 1. The molecule has 0 aliphatic heterocycles. The van der Waals surface area contributed by atoms with E-state index >= 15 is 0 Å². The van der Waals surface area contributed by atoms with Crippen LogP contribution in [0.25, 0.3) is 0 Å². The van der Waals surface area contributed by atoms with Crippen LogP contribution in [0.3, 0.4) is 0 Å². The number of rotatable bonds is 80. The van der Waals surface area contributed by atoms with Gasteiger partial charge in [0.25, 0.3) is 7.82 Å². The van der Waals surface area contributed by atoms with Crippen molar-refractivity contribution in [3.63, 3.8) is 0 Å². The Bertz CT molecular complexity index is 2080. The number of phosphoric acid groups is 1. The highest BCUT2D eigenvalue weighted by Gasteiger charge is 2.22. The van der Waals surface area contributed by atoms with Crippen LogP contribution >= 0.6 is 7.82 Å². The summed E-state index contributed by atoms with van der Waals surface area (Å²) in [5, 5.41) is 0. The predicted octanol–water partition coefficient (Wildman–Crippen LogP) is 28.5. The lowest BCUT2D eigenvalue weighted by Gasteiger charge is -2.28. The molecule has 0 rings (SSSR count). The Morgan fingerprint density at radius 1 is 0.317 bits per heavy atom. The van der Waals surface area contributed by atoms with Gasteiger partial charge in [-0.3, -0.25) is 14.2 Å². The van der Waals surface area contributed by atoms with Crippen molar-refractivity contribution in [2.24, 2.45) is 0 Å². The van der Waals surface area contributed by atoms with E-state index in [0.717, 1.165) is 96.3 Å². The fraction of sp³-hybridized carbons (Fsp3) is 0.780. The van der Waals surface area contributed by atoms with E-state index in [0.29, 0.717) is 17.4 Å². The molecule has 2 unspecified atom stereocenters. The number of likely N-dealkylation sites (N-methyl/N-ethyl adjacent to an activating group) is 1. The summed E-state index contributed by atoms with van der Waals surface area (Å²) in [4.78, 5) is 38.2. The molecule has 0 amide bonds. The molecule has 0 aromatic rings. The van der Waals surface area contributed by atoms with Crippen LogP contribution in [-0.4, -0.2) is 70.0 Å². The number of ether oxygens (including phenoxy) is 2. The minimum Gasteiger partial charge on any atom is -0.756 e. The third-order valence-electron chi connectivity index (χ3n) is 19.1. The van der Waals surface area contributed by atoms with Crippen molar-refractivity contribution in [3.8, 4) is 0 Å². The molecule has 10 heteroatoms. The molecule has 0 heterocycles. The topological polar surface area (TPSA) is 111 Å². The second kappa shape index (κ2) is 80.8. The van der Waals surface area contributed by atoms with Gasteiger partial charge in [0.05, 0.1) is 27.7 Å². The van der Waals surface area contributed by atoms with Gasteiger partial charge in [0.15, 0.2) is 6.10 Å². The van der Waals surface area contributed by atoms with Gasteiger partial charge in [-0.1, -0.05) is 419 Å². The molecule has 0 aliphatic rings. The van der Waals surface area contributed by atoms with Gasteiger partial charge >= 0.3 is 11.9 Å². The first-order valence-corrected chi connectivity index (χ1v) is 44.6. The Morgan fingerprint density at radius 2 is 0.564 bits per heavy atom. The summed E-state index contributed by atoms with van der Waals surface area (Å²) in [6.45, 7) is 4.18. The molecule has 101 heavy (non-hydrogen) atoms. The summed E-state index contributed by atoms with van der Waals surface area (Å²) < 4.78 is 34.5. The lowest BCUT2D eigenvalue weighted by molar-refractivity contribution is -0.870. The molecule has 0 aromatic carbocycles. The molecule has 0 saturated heterocycles. The maximum Gasteiger partial charge on any atom is 0.306 e. The summed E-state index contributed by atoms with van der Waals surface area (Å²) in [7, 11) is 1.18. The van der Waals surface area contributed by atoms with Crippen LogP contribution in [0, 0.1) is 0 Å². The fourth-order valence-corrected chi connectivity index (χ4v) is 13.3. The summed E-state index contributed by atoms with van der Waals surface area (Å²) in [6.07, 6.45) is 115. The Balaban J connectivity index is 3.94. The largest absolute Gasteiger partial charge is 0.756 e. The number of allylic oxidation sites excluding steroid dienone is 18. The van der Waals surface area contributed by atoms with E-state index in [4.69, 9.17) is 18.5 Å². The maximum absolute atomic E-state index is 12.9. The van der Waals surface area contributed by atoms with Crippen molar-refractivity contribution in [3.05, 3.63) is 109 Å². The summed E-state index contributed by atoms with van der Waals surface area (Å²) in [5.41, 5.74) is 0. The van der Waals surface area contributed by atoms with Crippen molar-refractivity contribution in [2.45, 2.75) is 412 Å². The molecule has 0 bridgehead atoms. The zero-order chi connectivity index (χ0) is 73.3. The van der Waals surface area contributed by atoms with E-state index in [1.807, 2.05) is 21.1 Å². The minimum atomic E-state index is -4.65. The van der Waals surface area contributed by atoms with Gasteiger partial charge in [-0.2, -0.15) is 0 Å². The van der Waals surface area contributed by atoms with Gasteiger partial charge < -0.3 is 27.9 Å². The van der Waals surface area contributed by atoms with Gasteiger partial charge in [-0.25, -0.2) is 0 Å². The standard InChI is InChI=1S/C91H164NO8P/c1-6-8-10-12-14-16-18-20-22-24-26-28-30-32-34-36-38-40-42-44-45-46-47-48-50-52-54-56-58-60-62-64-66-68-70-72-74-76-78-80-82-84-91(94)100-89(88-99-101(95,96)98-86-85-92(3,4)5)87-97-90(93)83-81-79-77-75-73-71-69-67-65-63-61-59-57-55-53-51-49-43-41-39-37-35-33-31-29-27-25-23-21-19-17-15-13-11-9-7-2/h8,10,14,16,20,22,26,28,32,34,38,40,44-45,47-48,52,54,89H,6-7,9,11-13,15,17-19,21,23-25,27,29-31,33,35-37,39,41-43,46,49-51,53,55-88H2,1-5H3/b10-8-,16-14-,22-20-,28-26-,34-32-,40-38-,45-44-,48-47-,54-52-. The van der Waals surface area contributed by atoms with Crippen LogP contribution < -0.4 is 4.89 Å². The summed E-state index contributed by atoms with van der Waals surface area (Å²) in [6, 6.07) is 0. The third kappa shape index (κ3) is 85.5. The molecule has 0 radical (unpaired) electrons. The molecule has 0 fully saturated rings. The first-order chi connectivity index (χ1) is 49.5. The monoisotopic (exact) mass is 1430 g/mol. The quantitative estimate of drug-likeness (QED) is 0.0195. The van der Waals surface area contributed by atoms with Crippen LogP contribution in [-0.2, 0) is 32.7 Å². The second-order valence-corrected chi connectivity index (χ2v) is 31.6. The SMILES string of the molecule is CC/C=C\C/C=C\C/C=C\C/C=C\C/C=C\C/C=C\C/C=C\C/C=C\C/C=C\CCCCCCCCCCCCCCCC(=O)OC(COC(=O)CCCCCCCCCCCCCCCCCCCCCCCCCCCCCCCCCCCCCC)COP(=O)([O-])OCC[N+](C)(C)C. The Labute approximate surface area is 626 Å². The summed E-state index contributed by atoms with van der Waals surface area (Å²) in [5.74, 6) is -0.819. The fourth-order valence-electron chi connectivity index (χ4n) is 12.5. The first kappa shape index (κ1) is 97.7. The number of nitrogens with zero attached hydrogens (tertiary/aromatic N) is 1. The molecular weight excluding hydrogens is 1270 g/mol. The van der Waals surface area contributed by atoms with E-state index in [1.165, 1.54) is 276 Å². The third-order valence-corrected chi connectivity index (χ3v) is 20.0. The summed E-state index contributed by atoms with van der Waals surface area (Å²) >= 11 is 0. The van der Waals surface area contributed by atoms with Crippen LogP contribution in [0.5, 0.6) is 0 Å². The van der Waals surface area contributed by atoms with Crippen LogP contribution in [0.1, 0.15) is 406 Å². The van der Waals surface area contributed by atoms with E-state index < -0.39 is 26.5 Å².